The normalized spacial score (nSPS) is 10.5. The molecule has 102 valence electrons. The highest BCUT2D eigenvalue weighted by Crippen LogP contribution is 2.16. The molecule has 0 bridgehead atoms. The third-order valence-corrected chi connectivity index (χ3v) is 3.07. The Morgan fingerprint density at radius 2 is 2.05 bits per heavy atom. The van der Waals surface area contributed by atoms with Crippen molar-refractivity contribution in [2.24, 2.45) is 5.10 Å². The molecular formula is C15H13BrN2O2. The van der Waals surface area contributed by atoms with Gasteiger partial charge in [0.15, 0.2) is 0 Å². The maximum atomic E-state index is 12.0. The molecule has 2 aromatic carbocycles. The van der Waals surface area contributed by atoms with Crippen molar-refractivity contribution >= 4 is 28.1 Å². The maximum Gasteiger partial charge on any atom is 0.275 e. The van der Waals surface area contributed by atoms with E-state index in [0.717, 1.165) is 10.0 Å². The zero-order valence-corrected chi connectivity index (χ0v) is 12.4. The first-order chi connectivity index (χ1) is 9.70. The summed E-state index contributed by atoms with van der Waals surface area (Å²) >= 11 is 3.37. The minimum Gasteiger partial charge on any atom is -0.496 e. The number of hydrazone groups is 1. The Morgan fingerprint density at radius 3 is 2.80 bits per heavy atom. The van der Waals surface area contributed by atoms with Crippen molar-refractivity contribution in [3.8, 4) is 5.75 Å². The Balaban J connectivity index is 2.05. The van der Waals surface area contributed by atoms with Gasteiger partial charge in [-0.1, -0.05) is 40.2 Å². The number of nitrogens with zero attached hydrogens (tertiary/aromatic N) is 1. The monoisotopic (exact) mass is 332 g/mol. The van der Waals surface area contributed by atoms with Gasteiger partial charge in [-0.15, -0.1) is 0 Å². The van der Waals surface area contributed by atoms with Crippen LogP contribution < -0.4 is 10.2 Å². The van der Waals surface area contributed by atoms with Crippen LogP contribution in [0.2, 0.25) is 0 Å². The van der Waals surface area contributed by atoms with Crippen LogP contribution in [0.1, 0.15) is 15.9 Å². The van der Waals surface area contributed by atoms with E-state index in [1.807, 2.05) is 24.3 Å². The molecule has 0 aliphatic carbocycles. The predicted molar refractivity (Wildman–Crippen MR) is 82.2 cm³/mol. The highest BCUT2D eigenvalue weighted by Gasteiger charge is 2.09. The van der Waals surface area contributed by atoms with Crippen LogP contribution in [-0.4, -0.2) is 19.2 Å². The van der Waals surface area contributed by atoms with Crippen molar-refractivity contribution < 1.29 is 9.53 Å². The fourth-order valence-corrected chi connectivity index (χ4v) is 2.06. The predicted octanol–water partition coefficient (Wildman–Crippen LogP) is 3.22. The molecule has 0 saturated carbocycles. The minimum atomic E-state index is -0.311. The Bertz CT molecular complexity index is 641. The third-order valence-electron chi connectivity index (χ3n) is 2.58. The van der Waals surface area contributed by atoms with Gasteiger partial charge in [0.05, 0.1) is 18.9 Å². The number of amides is 1. The van der Waals surface area contributed by atoms with Crippen LogP contribution in [0.5, 0.6) is 5.75 Å². The molecule has 1 N–H and O–H groups in total. The highest BCUT2D eigenvalue weighted by atomic mass is 79.9. The smallest absolute Gasteiger partial charge is 0.275 e. The number of methoxy groups -OCH3 is 1. The molecule has 2 aromatic rings. The lowest BCUT2D eigenvalue weighted by Crippen LogP contribution is -2.18. The number of ether oxygens (including phenoxy) is 1. The average molecular weight is 333 g/mol. The van der Waals surface area contributed by atoms with Crippen molar-refractivity contribution in [1.82, 2.24) is 5.43 Å². The lowest BCUT2D eigenvalue weighted by atomic mass is 10.2. The van der Waals surface area contributed by atoms with E-state index in [9.17, 15) is 4.79 Å². The van der Waals surface area contributed by atoms with Gasteiger partial charge in [-0.25, -0.2) is 5.43 Å². The van der Waals surface area contributed by atoms with Crippen LogP contribution in [0, 0.1) is 0 Å². The molecule has 0 aliphatic rings. The molecular weight excluding hydrogens is 320 g/mol. The topological polar surface area (TPSA) is 50.7 Å². The van der Waals surface area contributed by atoms with Crippen molar-refractivity contribution in [2.45, 2.75) is 0 Å². The van der Waals surface area contributed by atoms with Crippen LogP contribution in [0.25, 0.3) is 0 Å². The third kappa shape index (κ3) is 3.68. The second kappa shape index (κ2) is 6.86. The van der Waals surface area contributed by atoms with E-state index in [-0.39, 0.29) is 5.91 Å². The van der Waals surface area contributed by atoms with Crippen LogP contribution in [0.4, 0.5) is 0 Å². The van der Waals surface area contributed by atoms with Crippen molar-refractivity contribution in [3.63, 3.8) is 0 Å². The number of benzene rings is 2. The summed E-state index contributed by atoms with van der Waals surface area (Å²) in [4.78, 5) is 12.0. The van der Waals surface area contributed by atoms with Gasteiger partial charge in [-0.2, -0.15) is 5.10 Å². The molecule has 4 nitrogen and oxygen atoms in total. The molecule has 0 aromatic heterocycles. The summed E-state index contributed by atoms with van der Waals surface area (Å²) in [5.74, 6) is 0.205. The number of para-hydroxylation sites is 1. The maximum absolute atomic E-state index is 12.0. The molecule has 5 heteroatoms. The van der Waals surface area contributed by atoms with Gasteiger partial charge in [0, 0.05) is 4.47 Å². The average Bonchev–Trinajstić information content (AvgIpc) is 2.47. The van der Waals surface area contributed by atoms with E-state index < -0.39 is 0 Å². The summed E-state index contributed by atoms with van der Waals surface area (Å²) < 4.78 is 6.08. The number of hydrogen-bond donors (Lipinski definition) is 1. The van der Waals surface area contributed by atoms with Crippen LogP contribution in [0.15, 0.2) is 58.1 Å². The molecule has 1 amide bonds. The Labute approximate surface area is 125 Å². The minimum absolute atomic E-state index is 0.311. The number of hydrogen-bond acceptors (Lipinski definition) is 3. The highest BCUT2D eigenvalue weighted by molar-refractivity contribution is 9.10. The number of carbonyl (C=O) groups excluding carboxylic acids is 1. The SMILES string of the molecule is COc1ccccc1C(=O)N/N=C\c1cccc(Br)c1. The van der Waals surface area contributed by atoms with E-state index in [2.05, 4.69) is 26.5 Å². The molecule has 0 atom stereocenters. The van der Waals surface area contributed by atoms with Gasteiger partial charge in [0.25, 0.3) is 5.91 Å². The van der Waals surface area contributed by atoms with Crippen molar-refractivity contribution in [3.05, 3.63) is 64.1 Å². The molecule has 0 heterocycles. The summed E-state index contributed by atoms with van der Waals surface area (Å²) in [6, 6.07) is 14.6. The van der Waals surface area contributed by atoms with Crippen molar-refractivity contribution in [2.75, 3.05) is 7.11 Å². The van der Waals surface area contributed by atoms with Crippen LogP contribution in [0.3, 0.4) is 0 Å². The van der Waals surface area contributed by atoms with Crippen molar-refractivity contribution in [1.29, 1.82) is 0 Å². The summed E-state index contributed by atoms with van der Waals surface area (Å²) in [6.45, 7) is 0. The van der Waals surface area contributed by atoms with E-state index in [0.29, 0.717) is 11.3 Å². The quantitative estimate of drug-likeness (QED) is 0.690. The lowest BCUT2D eigenvalue weighted by molar-refractivity contribution is 0.0952. The largest absolute Gasteiger partial charge is 0.496 e. The van der Waals surface area contributed by atoms with E-state index >= 15 is 0 Å². The summed E-state index contributed by atoms with van der Waals surface area (Å²) in [5, 5.41) is 3.93. The fraction of sp³-hybridized carbons (Fsp3) is 0.0667. The molecule has 20 heavy (non-hydrogen) atoms. The van der Waals surface area contributed by atoms with Gasteiger partial charge in [-0.3, -0.25) is 4.79 Å². The molecule has 0 spiro atoms. The zero-order valence-electron chi connectivity index (χ0n) is 10.8. The molecule has 0 aliphatic heterocycles. The lowest BCUT2D eigenvalue weighted by Gasteiger charge is -2.05. The van der Waals surface area contributed by atoms with Gasteiger partial charge in [0.2, 0.25) is 0 Å². The first-order valence-electron chi connectivity index (χ1n) is 5.92. The fourth-order valence-electron chi connectivity index (χ4n) is 1.64. The Hall–Kier alpha value is -2.14. The number of rotatable bonds is 4. The molecule has 0 unspecified atom stereocenters. The van der Waals surface area contributed by atoms with Crippen LogP contribution >= 0.6 is 15.9 Å². The van der Waals surface area contributed by atoms with Gasteiger partial charge >= 0.3 is 0 Å². The Kier molecular flexibility index (Phi) is 4.90. The first-order valence-corrected chi connectivity index (χ1v) is 6.72. The standard InChI is InChI=1S/C15H13BrN2O2/c1-20-14-8-3-2-7-13(14)15(19)18-17-10-11-5-4-6-12(16)9-11/h2-10H,1H3,(H,18,19)/b17-10-. The van der Waals surface area contributed by atoms with Crippen LogP contribution in [-0.2, 0) is 0 Å². The molecule has 2 rings (SSSR count). The second-order valence-electron chi connectivity index (χ2n) is 3.95. The number of carbonyl (C=O) groups is 1. The van der Waals surface area contributed by atoms with E-state index in [1.54, 1.807) is 30.5 Å². The van der Waals surface area contributed by atoms with Gasteiger partial charge in [0.1, 0.15) is 5.75 Å². The Morgan fingerprint density at radius 1 is 1.25 bits per heavy atom. The van der Waals surface area contributed by atoms with Gasteiger partial charge in [-0.05, 0) is 29.8 Å². The van der Waals surface area contributed by atoms with Gasteiger partial charge < -0.3 is 4.74 Å². The molecule has 0 saturated heterocycles. The number of halogens is 1. The summed E-state index contributed by atoms with van der Waals surface area (Å²) in [5.41, 5.74) is 3.81. The zero-order chi connectivity index (χ0) is 14.4. The molecule has 0 fully saturated rings. The second-order valence-corrected chi connectivity index (χ2v) is 4.87. The number of nitrogens with one attached hydrogen (secondary N) is 1. The van der Waals surface area contributed by atoms with E-state index in [1.165, 1.54) is 7.11 Å². The summed E-state index contributed by atoms with van der Waals surface area (Å²) in [7, 11) is 1.52. The summed E-state index contributed by atoms with van der Waals surface area (Å²) in [6.07, 6.45) is 1.58. The first kappa shape index (κ1) is 14.3. The van der Waals surface area contributed by atoms with E-state index in [4.69, 9.17) is 4.74 Å². The molecule has 0 radical (unpaired) electrons.